The van der Waals surface area contributed by atoms with Crippen LogP contribution < -0.4 is 0 Å². The van der Waals surface area contributed by atoms with Crippen LogP contribution in [0.4, 0.5) is 0 Å². The molecule has 0 aromatic rings. The summed E-state index contributed by atoms with van der Waals surface area (Å²) in [5.74, 6) is -2.20. The Kier molecular flexibility index (Phi) is 8.40. The van der Waals surface area contributed by atoms with Crippen molar-refractivity contribution in [2.75, 3.05) is 6.61 Å². The number of hydrogen-bond acceptors (Lipinski definition) is 8. The molecule has 0 aromatic heterocycles. The average molecular weight is 623 g/mol. The van der Waals surface area contributed by atoms with Crippen molar-refractivity contribution < 1.29 is 38.2 Å². The van der Waals surface area contributed by atoms with E-state index >= 15 is 0 Å². The van der Waals surface area contributed by atoms with Gasteiger partial charge in [-0.15, -0.1) is 0 Å². The number of carbonyl (C=O) groups is 5. The molecular formula is C37H50O8. The number of rotatable bonds is 10. The zero-order valence-corrected chi connectivity index (χ0v) is 28.0. The molecule has 0 N–H and O–H groups in total. The molecule has 45 heavy (non-hydrogen) atoms. The van der Waals surface area contributed by atoms with Gasteiger partial charge in [-0.25, -0.2) is 4.79 Å². The smallest absolute Gasteiger partial charge is 0.330 e. The predicted molar refractivity (Wildman–Crippen MR) is 167 cm³/mol. The van der Waals surface area contributed by atoms with Crippen LogP contribution in [-0.2, 0) is 38.2 Å². The summed E-state index contributed by atoms with van der Waals surface area (Å²) in [6, 6.07) is 0. The lowest BCUT2D eigenvalue weighted by molar-refractivity contribution is -0.166. The monoisotopic (exact) mass is 622 g/mol. The topological polar surface area (TPSA) is 113 Å². The third-order valence-electron chi connectivity index (χ3n) is 13.5. The predicted octanol–water partition coefficient (Wildman–Crippen LogP) is 5.98. The van der Waals surface area contributed by atoms with Crippen LogP contribution in [0.25, 0.3) is 0 Å². The number of esters is 3. The van der Waals surface area contributed by atoms with E-state index in [-0.39, 0.29) is 57.4 Å². The van der Waals surface area contributed by atoms with Crippen LogP contribution in [-0.4, -0.2) is 48.3 Å². The lowest BCUT2D eigenvalue weighted by Gasteiger charge is -2.61. The van der Waals surface area contributed by atoms with Crippen LogP contribution in [0.1, 0.15) is 87.0 Å². The second-order valence-corrected chi connectivity index (χ2v) is 15.4. The normalized spacial score (nSPS) is 41.1. The van der Waals surface area contributed by atoms with Crippen LogP contribution in [0.2, 0.25) is 0 Å². The van der Waals surface area contributed by atoms with Gasteiger partial charge in [0.05, 0.1) is 6.61 Å². The molecule has 8 nitrogen and oxygen atoms in total. The summed E-state index contributed by atoms with van der Waals surface area (Å²) in [6.07, 6.45) is 9.20. The lowest BCUT2D eigenvalue weighted by atomic mass is 9.43. The van der Waals surface area contributed by atoms with Crippen molar-refractivity contribution in [2.45, 2.75) is 99.2 Å². The van der Waals surface area contributed by atoms with E-state index in [4.69, 9.17) is 14.2 Å². The Morgan fingerprint density at radius 3 is 2.38 bits per heavy atom. The summed E-state index contributed by atoms with van der Waals surface area (Å²) in [4.78, 5) is 63.3. The number of fused-ring (bicyclic) bond motifs is 2. The molecule has 4 saturated carbocycles. The minimum absolute atomic E-state index is 0.0351. The summed E-state index contributed by atoms with van der Waals surface area (Å²) in [6.45, 7) is 20.5. The number of allylic oxidation sites excluding steroid dienone is 2. The Balaban J connectivity index is 1.49. The lowest BCUT2D eigenvalue weighted by Crippen LogP contribution is -2.56. The Labute approximate surface area is 267 Å². The largest absolute Gasteiger partial charge is 0.462 e. The van der Waals surface area contributed by atoms with Crippen LogP contribution >= 0.6 is 0 Å². The summed E-state index contributed by atoms with van der Waals surface area (Å²) >= 11 is 0. The van der Waals surface area contributed by atoms with Gasteiger partial charge in [0, 0.05) is 43.6 Å². The van der Waals surface area contributed by atoms with E-state index in [0.29, 0.717) is 18.3 Å². The number of ether oxygens (including phenoxy) is 3. The van der Waals surface area contributed by atoms with Crippen molar-refractivity contribution in [2.24, 2.45) is 57.2 Å². The maximum absolute atomic E-state index is 14.0. The summed E-state index contributed by atoms with van der Waals surface area (Å²) in [5, 5.41) is 0. The quantitative estimate of drug-likeness (QED) is 0.166. The van der Waals surface area contributed by atoms with E-state index in [2.05, 4.69) is 40.0 Å². The van der Waals surface area contributed by atoms with Crippen LogP contribution in [0.15, 0.2) is 37.0 Å². The molecule has 5 aliphatic rings. The van der Waals surface area contributed by atoms with Gasteiger partial charge in [-0.2, -0.15) is 0 Å². The van der Waals surface area contributed by atoms with Gasteiger partial charge in [-0.1, -0.05) is 53.9 Å². The highest BCUT2D eigenvalue weighted by Crippen LogP contribution is 2.87. The van der Waals surface area contributed by atoms with Gasteiger partial charge in [0.2, 0.25) is 0 Å². The van der Waals surface area contributed by atoms with E-state index in [1.54, 1.807) is 6.92 Å². The Bertz CT molecular complexity index is 1360. The van der Waals surface area contributed by atoms with E-state index in [9.17, 15) is 24.0 Å². The fourth-order valence-corrected chi connectivity index (χ4v) is 11.2. The first-order valence-corrected chi connectivity index (χ1v) is 16.6. The molecular weight excluding hydrogens is 572 g/mol. The fourth-order valence-electron chi connectivity index (χ4n) is 11.2. The second kappa shape index (κ2) is 11.3. The van der Waals surface area contributed by atoms with Crippen molar-refractivity contribution in [3.63, 3.8) is 0 Å². The van der Waals surface area contributed by atoms with Crippen LogP contribution in [0, 0.1) is 57.2 Å². The third kappa shape index (κ3) is 4.88. The third-order valence-corrected chi connectivity index (χ3v) is 13.5. The van der Waals surface area contributed by atoms with E-state index in [1.165, 1.54) is 13.8 Å². The Hall–Kier alpha value is -3.03. The van der Waals surface area contributed by atoms with Gasteiger partial charge in [0.25, 0.3) is 0 Å². The zero-order chi connectivity index (χ0) is 33.3. The molecule has 0 unspecified atom stereocenters. The first-order chi connectivity index (χ1) is 21.0. The first kappa shape index (κ1) is 33.3. The van der Waals surface area contributed by atoms with Crippen LogP contribution in [0.5, 0.6) is 0 Å². The Morgan fingerprint density at radius 1 is 1.07 bits per heavy atom. The van der Waals surface area contributed by atoms with Gasteiger partial charge >= 0.3 is 17.9 Å². The molecule has 2 spiro atoms. The number of ketones is 2. The molecule has 246 valence electrons. The van der Waals surface area contributed by atoms with Gasteiger partial charge < -0.3 is 14.2 Å². The minimum atomic E-state index is -1.14. The van der Waals surface area contributed by atoms with E-state index in [0.717, 1.165) is 38.2 Å². The molecule has 8 heteroatoms. The van der Waals surface area contributed by atoms with Gasteiger partial charge in [0.15, 0.2) is 17.7 Å². The highest BCUT2D eigenvalue weighted by Gasteiger charge is 2.81. The van der Waals surface area contributed by atoms with Gasteiger partial charge in [-0.3, -0.25) is 19.2 Å². The molecule has 0 aromatic carbocycles. The molecule has 5 rings (SSSR count). The minimum Gasteiger partial charge on any atom is -0.462 e. The Morgan fingerprint density at radius 2 is 1.76 bits per heavy atom. The van der Waals surface area contributed by atoms with Crippen molar-refractivity contribution in [1.29, 1.82) is 0 Å². The molecule has 0 heterocycles. The highest BCUT2D eigenvalue weighted by molar-refractivity contribution is 6.00. The SMILES string of the molecule is C=CC(=O)OC[C@H](C)C(=C)C(=O)[C@H](OC(C)=O)[C@@H](C)[C@H]1[C@@H](OC(C)=O)C[C@@]2(C)[C@@H]3CC[C@H]4[C@H](C)C(=O)C=C[C@@]45C[C@@]35CC[C@]12C. The van der Waals surface area contributed by atoms with Crippen molar-refractivity contribution in [3.05, 3.63) is 37.0 Å². The second-order valence-electron chi connectivity index (χ2n) is 15.4. The van der Waals surface area contributed by atoms with Crippen molar-refractivity contribution in [3.8, 4) is 0 Å². The maximum atomic E-state index is 14.0. The fraction of sp³-hybridized carbons (Fsp3) is 0.703. The number of carbonyl (C=O) groups excluding carboxylic acids is 5. The van der Waals surface area contributed by atoms with E-state index in [1.807, 2.05) is 13.0 Å². The standard InChI is InChI=1S/C37H50O8/c1-10-30(41)43-18-20(2)21(3)32(42)33(45-25(7)39)23(5)31-28(44-24(6)38)17-35(9)29-12-11-26-22(4)27(40)13-14-36(26)19-37(29,36)16-15-34(31,35)8/h10,13-14,20,22-23,26,28-29,31,33H,1,3,11-12,15-19H2,2,4-9H3/t20-,22-,23-,26-,28-,29-,31-,33+,34+,35-,36+,37-/m0/s1. The maximum Gasteiger partial charge on any atom is 0.330 e. The van der Waals surface area contributed by atoms with Crippen LogP contribution in [0.3, 0.4) is 0 Å². The summed E-state index contributed by atoms with van der Waals surface area (Å²) in [7, 11) is 0. The molecule has 0 aliphatic heterocycles. The van der Waals surface area contributed by atoms with Crippen molar-refractivity contribution in [1.82, 2.24) is 0 Å². The highest BCUT2D eigenvalue weighted by atomic mass is 16.6. The number of hydrogen-bond donors (Lipinski definition) is 0. The van der Waals surface area contributed by atoms with Gasteiger partial charge in [0.1, 0.15) is 6.10 Å². The summed E-state index contributed by atoms with van der Waals surface area (Å²) in [5.41, 5.74) is -0.151. The van der Waals surface area contributed by atoms with Gasteiger partial charge in [-0.05, 0) is 83.7 Å². The van der Waals surface area contributed by atoms with E-state index < -0.39 is 41.8 Å². The first-order valence-electron chi connectivity index (χ1n) is 16.6. The molecule has 0 bridgehead atoms. The molecule has 12 atom stereocenters. The molecule has 0 saturated heterocycles. The molecule has 0 amide bonds. The number of Topliss-reactive ketones (excluding diaryl/α,β-unsaturated/α-hetero) is 1. The molecule has 0 radical (unpaired) electrons. The molecule has 5 aliphatic carbocycles. The zero-order valence-electron chi connectivity index (χ0n) is 28.0. The average Bonchev–Trinajstić information content (AvgIpc) is 3.59. The summed E-state index contributed by atoms with van der Waals surface area (Å²) < 4.78 is 17.1. The van der Waals surface area contributed by atoms with Crippen molar-refractivity contribution >= 4 is 29.5 Å². The molecule has 4 fully saturated rings.